The van der Waals surface area contributed by atoms with Gasteiger partial charge >= 0.3 is 6.09 Å². The number of benzene rings is 2. The quantitative estimate of drug-likeness (QED) is 0.821. The van der Waals surface area contributed by atoms with Crippen LogP contribution in [-0.2, 0) is 13.1 Å². The van der Waals surface area contributed by atoms with Crippen molar-refractivity contribution in [3.8, 4) is 5.75 Å². The fourth-order valence-corrected chi connectivity index (χ4v) is 3.70. The minimum absolute atomic E-state index is 0.0539. The van der Waals surface area contributed by atoms with E-state index in [0.717, 1.165) is 24.2 Å². The summed E-state index contributed by atoms with van der Waals surface area (Å²) < 4.78 is 5.38. The van der Waals surface area contributed by atoms with Crippen molar-refractivity contribution in [3.63, 3.8) is 0 Å². The molecule has 2 aliphatic heterocycles. The van der Waals surface area contributed by atoms with Crippen LogP contribution in [0.1, 0.15) is 21.5 Å². The fraction of sp³-hybridized carbons (Fsp3) is 0.333. The van der Waals surface area contributed by atoms with Gasteiger partial charge in [-0.05, 0) is 36.4 Å². The number of hydrogen-bond donors (Lipinski definition) is 0. The van der Waals surface area contributed by atoms with Crippen molar-refractivity contribution in [2.24, 2.45) is 0 Å². The highest BCUT2D eigenvalue weighted by Crippen LogP contribution is 2.26. The molecule has 2 aromatic carbocycles. The second kappa shape index (κ2) is 7.40. The summed E-state index contributed by atoms with van der Waals surface area (Å²) in [7, 11) is 2.06. The van der Waals surface area contributed by atoms with E-state index < -0.39 is 0 Å². The highest BCUT2D eigenvalue weighted by Gasteiger charge is 2.29. The molecule has 6 nitrogen and oxygen atoms in total. The molecule has 2 heterocycles. The molecule has 0 unspecified atom stereocenters. The summed E-state index contributed by atoms with van der Waals surface area (Å²) in [5.74, 6) is 0.586. The maximum absolute atomic E-state index is 13.0. The second-order valence-corrected chi connectivity index (χ2v) is 7.08. The van der Waals surface area contributed by atoms with Crippen LogP contribution >= 0.6 is 0 Å². The first-order valence-electron chi connectivity index (χ1n) is 9.22. The lowest BCUT2D eigenvalue weighted by molar-refractivity contribution is 0.0632. The third-order valence-corrected chi connectivity index (χ3v) is 5.15. The number of nitrogens with zero attached hydrogens (tertiary/aromatic N) is 3. The molecule has 2 amide bonds. The normalized spacial score (nSPS) is 16.9. The molecule has 0 spiro atoms. The number of rotatable bonds is 2. The van der Waals surface area contributed by atoms with Crippen molar-refractivity contribution in [3.05, 3.63) is 65.2 Å². The predicted octanol–water partition coefficient (Wildman–Crippen LogP) is 2.59. The van der Waals surface area contributed by atoms with Crippen molar-refractivity contribution in [2.75, 3.05) is 33.2 Å². The summed E-state index contributed by atoms with van der Waals surface area (Å²) in [4.78, 5) is 31.0. The van der Waals surface area contributed by atoms with E-state index in [-0.39, 0.29) is 12.0 Å². The van der Waals surface area contributed by atoms with Crippen LogP contribution in [0.3, 0.4) is 0 Å². The first-order valence-corrected chi connectivity index (χ1v) is 9.22. The first-order chi connectivity index (χ1) is 13.1. The van der Waals surface area contributed by atoms with Crippen LogP contribution in [0.4, 0.5) is 4.79 Å². The summed E-state index contributed by atoms with van der Waals surface area (Å²) >= 11 is 0. The van der Waals surface area contributed by atoms with E-state index >= 15 is 0 Å². The molecule has 1 fully saturated rings. The zero-order chi connectivity index (χ0) is 18.8. The molecule has 0 aromatic heterocycles. The molecule has 2 aromatic rings. The van der Waals surface area contributed by atoms with Crippen LogP contribution in [0, 0.1) is 0 Å². The van der Waals surface area contributed by atoms with E-state index in [1.165, 1.54) is 5.56 Å². The number of carbonyl (C=O) groups excluding carboxylic acids is 2. The van der Waals surface area contributed by atoms with Crippen molar-refractivity contribution >= 4 is 12.0 Å². The minimum atomic E-state index is -0.365. The van der Waals surface area contributed by atoms with Gasteiger partial charge in [-0.25, -0.2) is 4.79 Å². The third-order valence-electron chi connectivity index (χ3n) is 5.15. The van der Waals surface area contributed by atoms with Gasteiger partial charge in [0.25, 0.3) is 5.91 Å². The number of piperazine rings is 1. The standard InChI is InChI=1S/C21H23N3O3/c1-22-14-16-6-5-9-18(19(16)15-22)20(25)23-10-12-24(13-11-23)21(26)27-17-7-3-2-4-8-17/h2-9H,10-15H2,1H3. The molecule has 27 heavy (non-hydrogen) atoms. The van der Waals surface area contributed by atoms with Crippen molar-refractivity contribution < 1.29 is 14.3 Å². The van der Waals surface area contributed by atoms with E-state index in [9.17, 15) is 9.59 Å². The molecule has 1 saturated heterocycles. The summed E-state index contributed by atoms with van der Waals surface area (Å²) in [5, 5.41) is 0. The highest BCUT2D eigenvalue weighted by molar-refractivity contribution is 5.96. The smallest absolute Gasteiger partial charge is 0.410 e. The fourth-order valence-electron chi connectivity index (χ4n) is 3.70. The Morgan fingerprint density at radius 1 is 0.852 bits per heavy atom. The van der Waals surface area contributed by atoms with Crippen LogP contribution in [0.5, 0.6) is 5.75 Å². The topological polar surface area (TPSA) is 53.1 Å². The zero-order valence-corrected chi connectivity index (χ0v) is 15.4. The van der Waals surface area contributed by atoms with Gasteiger partial charge in [-0.3, -0.25) is 9.69 Å². The van der Waals surface area contributed by atoms with Crippen LogP contribution in [0.2, 0.25) is 0 Å². The monoisotopic (exact) mass is 365 g/mol. The average molecular weight is 365 g/mol. The van der Waals surface area contributed by atoms with E-state index in [4.69, 9.17) is 4.74 Å². The predicted molar refractivity (Wildman–Crippen MR) is 102 cm³/mol. The number of carbonyl (C=O) groups is 2. The van der Waals surface area contributed by atoms with Gasteiger partial charge in [-0.2, -0.15) is 0 Å². The summed E-state index contributed by atoms with van der Waals surface area (Å²) in [6.45, 7) is 3.68. The maximum atomic E-state index is 13.0. The lowest BCUT2D eigenvalue weighted by Crippen LogP contribution is -2.51. The molecule has 0 aliphatic carbocycles. The highest BCUT2D eigenvalue weighted by atomic mass is 16.6. The number of amides is 2. The molecular weight excluding hydrogens is 342 g/mol. The number of ether oxygens (including phenoxy) is 1. The van der Waals surface area contributed by atoms with Crippen LogP contribution in [0.25, 0.3) is 0 Å². The molecule has 2 aliphatic rings. The summed E-state index contributed by atoms with van der Waals surface area (Å²) in [6, 6.07) is 15.0. The Morgan fingerprint density at radius 2 is 1.56 bits per heavy atom. The molecule has 0 bridgehead atoms. The van der Waals surface area contributed by atoms with Crippen molar-refractivity contribution in [1.29, 1.82) is 0 Å². The van der Waals surface area contributed by atoms with Gasteiger partial charge in [0.05, 0.1) is 0 Å². The van der Waals surface area contributed by atoms with Gasteiger partial charge in [-0.1, -0.05) is 30.3 Å². The molecule has 4 rings (SSSR count). The molecule has 0 N–H and O–H groups in total. The lowest BCUT2D eigenvalue weighted by atomic mass is 10.0. The first kappa shape index (κ1) is 17.5. The van der Waals surface area contributed by atoms with E-state index in [1.54, 1.807) is 17.0 Å². The summed E-state index contributed by atoms with van der Waals surface area (Å²) in [5.41, 5.74) is 3.15. The van der Waals surface area contributed by atoms with E-state index in [0.29, 0.717) is 31.9 Å². The second-order valence-electron chi connectivity index (χ2n) is 7.08. The SMILES string of the molecule is CN1Cc2cccc(C(=O)N3CCN(C(=O)Oc4ccccc4)CC3)c2C1. The maximum Gasteiger partial charge on any atom is 0.415 e. The molecule has 140 valence electrons. The Morgan fingerprint density at radius 3 is 2.30 bits per heavy atom. The molecule has 0 saturated carbocycles. The Labute approximate surface area is 158 Å². The number of fused-ring (bicyclic) bond motifs is 1. The number of hydrogen-bond acceptors (Lipinski definition) is 4. The molecular formula is C21H23N3O3. The largest absolute Gasteiger partial charge is 0.415 e. The molecule has 6 heteroatoms. The van der Waals surface area contributed by atoms with Crippen molar-refractivity contribution in [1.82, 2.24) is 14.7 Å². The van der Waals surface area contributed by atoms with E-state index in [1.807, 2.05) is 35.2 Å². The van der Waals surface area contributed by atoms with Crippen LogP contribution in [-0.4, -0.2) is 59.9 Å². The van der Waals surface area contributed by atoms with E-state index in [2.05, 4.69) is 18.0 Å². The third kappa shape index (κ3) is 3.66. The van der Waals surface area contributed by atoms with Crippen molar-refractivity contribution in [2.45, 2.75) is 13.1 Å². The zero-order valence-electron chi connectivity index (χ0n) is 15.4. The van der Waals surface area contributed by atoms with Crippen LogP contribution < -0.4 is 4.74 Å². The van der Waals surface area contributed by atoms with Gasteiger partial charge in [0.2, 0.25) is 0 Å². The van der Waals surface area contributed by atoms with Crippen LogP contribution in [0.15, 0.2) is 48.5 Å². The Balaban J connectivity index is 1.38. The van der Waals surface area contributed by atoms with Gasteiger partial charge in [0.1, 0.15) is 5.75 Å². The Kier molecular flexibility index (Phi) is 4.81. The van der Waals surface area contributed by atoms with Gasteiger partial charge in [-0.15, -0.1) is 0 Å². The van der Waals surface area contributed by atoms with Gasteiger partial charge < -0.3 is 14.5 Å². The lowest BCUT2D eigenvalue weighted by Gasteiger charge is -2.34. The van der Waals surface area contributed by atoms with Gasteiger partial charge in [0, 0.05) is 44.8 Å². The summed E-state index contributed by atoms with van der Waals surface area (Å²) in [6.07, 6.45) is -0.365. The minimum Gasteiger partial charge on any atom is -0.410 e. The Hall–Kier alpha value is -2.86. The van der Waals surface area contributed by atoms with Gasteiger partial charge in [0.15, 0.2) is 0 Å². The molecule has 0 radical (unpaired) electrons. The number of para-hydroxylation sites is 1. The Bertz CT molecular complexity index is 845. The molecule has 0 atom stereocenters. The average Bonchev–Trinajstić information content (AvgIpc) is 3.08.